The fourth-order valence-electron chi connectivity index (χ4n) is 1.42. The van der Waals surface area contributed by atoms with Crippen molar-refractivity contribution in [2.75, 3.05) is 13.7 Å². The van der Waals surface area contributed by atoms with Gasteiger partial charge in [0.2, 0.25) is 5.88 Å². The van der Waals surface area contributed by atoms with E-state index in [-0.39, 0.29) is 6.54 Å². The number of carbonyl (C=O) groups is 1. The molecule has 0 spiro atoms. The molecule has 0 aliphatic carbocycles. The van der Waals surface area contributed by atoms with Gasteiger partial charge in [0.1, 0.15) is 5.60 Å². The average molecular weight is 276 g/mol. The SMILES string of the molecule is COc1ncc(C#CCNC(=O)OC(C)(C)C)cc1C. The van der Waals surface area contributed by atoms with Crippen molar-refractivity contribution in [1.82, 2.24) is 10.3 Å². The number of nitrogens with zero attached hydrogens (tertiary/aromatic N) is 1. The Bertz CT molecular complexity index is 536. The van der Waals surface area contributed by atoms with Crippen LogP contribution in [0, 0.1) is 18.8 Å². The Morgan fingerprint density at radius 2 is 2.15 bits per heavy atom. The van der Waals surface area contributed by atoms with E-state index >= 15 is 0 Å². The van der Waals surface area contributed by atoms with Crippen molar-refractivity contribution in [1.29, 1.82) is 0 Å². The zero-order chi connectivity index (χ0) is 15.2. The van der Waals surface area contributed by atoms with Gasteiger partial charge < -0.3 is 14.8 Å². The van der Waals surface area contributed by atoms with E-state index in [1.165, 1.54) is 0 Å². The fraction of sp³-hybridized carbons (Fsp3) is 0.467. The van der Waals surface area contributed by atoms with Crippen LogP contribution in [0.1, 0.15) is 31.9 Å². The van der Waals surface area contributed by atoms with Crippen LogP contribution < -0.4 is 10.1 Å². The molecule has 1 N–H and O–H groups in total. The third kappa shape index (κ3) is 5.61. The number of aromatic nitrogens is 1. The highest BCUT2D eigenvalue weighted by molar-refractivity contribution is 5.68. The maximum absolute atomic E-state index is 11.4. The Morgan fingerprint density at radius 3 is 2.70 bits per heavy atom. The third-order valence-electron chi connectivity index (χ3n) is 2.18. The van der Waals surface area contributed by atoms with Gasteiger partial charge in [0.25, 0.3) is 0 Å². The molecule has 0 fully saturated rings. The van der Waals surface area contributed by atoms with Gasteiger partial charge >= 0.3 is 6.09 Å². The first-order valence-electron chi connectivity index (χ1n) is 6.28. The van der Waals surface area contributed by atoms with Crippen LogP contribution in [0.3, 0.4) is 0 Å². The van der Waals surface area contributed by atoms with E-state index in [1.807, 2.05) is 33.8 Å². The van der Waals surface area contributed by atoms with Gasteiger partial charge in [-0.25, -0.2) is 9.78 Å². The van der Waals surface area contributed by atoms with Gasteiger partial charge in [-0.15, -0.1) is 0 Å². The Kier molecular flexibility index (Phi) is 5.39. The molecule has 0 saturated heterocycles. The summed E-state index contributed by atoms with van der Waals surface area (Å²) in [6.45, 7) is 7.55. The molecule has 0 atom stereocenters. The average Bonchev–Trinajstić information content (AvgIpc) is 2.33. The first kappa shape index (κ1) is 15.8. The van der Waals surface area contributed by atoms with Gasteiger partial charge in [-0.05, 0) is 33.8 Å². The summed E-state index contributed by atoms with van der Waals surface area (Å²) >= 11 is 0. The van der Waals surface area contributed by atoms with Gasteiger partial charge in [0.15, 0.2) is 0 Å². The standard InChI is InChI=1S/C15H20N2O3/c1-11-9-12(10-17-13(11)19-5)7-6-8-16-14(18)20-15(2,3)4/h9-10H,8H2,1-5H3,(H,16,18). The number of nitrogens with one attached hydrogen (secondary N) is 1. The maximum Gasteiger partial charge on any atom is 0.408 e. The number of alkyl carbamates (subject to hydrolysis) is 1. The lowest BCUT2D eigenvalue weighted by Gasteiger charge is -2.18. The zero-order valence-corrected chi connectivity index (χ0v) is 12.5. The summed E-state index contributed by atoms with van der Waals surface area (Å²) in [5.41, 5.74) is 1.18. The minimum Gasteiger partial charge on any atom is -0.481 e. The first-order chi connectivity index (χ1) is 9.31. The molecule has 0 radical (unpaired) electrons. The molecule has 0 aliphatic heterocycles. The second-order valence-corrected chi connectivity index (χ2v) is 5.21. The number of amides is 1. The van der Waals surface area contributed by atoms with Crippen LogP contribution in [-0.4, -0.2) is 30.3 Å². The number of methoxy groups -OCH3 is 1. The molecular weight excluding hydrogens is 256 g/mol. The summed E-state index contributed by atoms with van der Waals surface area (Å²) < 4.78 is 10.2. The molecule has 0 aliphatic rings. The molecule has 1 heterocycles. The second kappa shape index (κ2) is 6.80. The molecule has 5 nitrogen and oxygen atoms in total. The molecule has 108 valence electrons. The van der Waals surface area contributed by atoms with Crippen molar-refractivity contribution in [3.05, 3.63) is 23.4 Å². The molecule has 0 unspecified atom stereocenters. The number of pyridine rings is 1. The molecule has 0 aromatic carbocycles. The molecule has 1 rings (SSSR count). The monoisotopic (exact) mass is 276 g/mol. The van der Waals surface area contributed by atoms with E-state index in [4.69, 9.17) is 9.47 Å². The zero-order valence-electron chi connectivity index (χ0n) is 12.5. The van der Waals surface area contributed by atoms with Crippen LogP contribution in [0.2, 0.25) is 0 Å². The molecule has 1 amide bonds. The molecular formula is C15H20N2O3. The largest absolute Gasteiger partial charge is 0.481 e. The summed E-state index contributed by atoms with van der Waals surface area (Å²) in [5, 5.41) is 2.57. The number of rotatable bonds is 2. The molecule has 5 heteroatoms. The Hall–Kier alpha value is -2.22. The number of hydrogen-bond donors (Lipinski definition) is 1. The van der Waals surface area contributed by atoms with Crippen LogP contribution in [0.5, 0.6) is 5.88 Å². The van der Waals surface area contributed by atoms with E-state index in [9.17, 15) is 4.79 Å². The molecule has 1 aromatic heterocycles. The number of hydrogen-bond acceptors (Lipinski definition) is 4. The smallest absolute Gasteiger partial charge is 0.408 e. The normalized spacial score (nSPS) is 10.2. The van der Waals surface area contributed by atoms with E-state index < -0.39 is 11.7 Å². The topological polar surface area (TPSA) is 60.5 Å². The predicted octanol–water partition coefficient (Wildman–Crippen LogP) is 2.27. The van der Waals surface area contributed by atoms with Crippen molar-refractivity contribution < 1.29 is 14.3 Å². The summed E-state index contributed by atoms with van der Waals surface area (Å²) in [6, 6.07) is 1.88. The van der Waals surface area contributed by atoms with Crippen LogP contribution in [0.25, 0.3) is 0 Å². The number of ether oxygens (including phenoxy) is 2. The fourth-order valence-corrected chi connectivity index (χ4v) is 1.42. The lowest BCUT2D eigenvalue weighted by molar-refractivity contribution is 0.0535. The highest BCUT2D eigenvalue weighted by Crippen LogP contribution is 2.13. The summed E-state index contributed by atoms with van der Waals surface area (Å²) in [7, 11) is 1.57. The maximum atomic E-state index is 11.4. The lowest BCUT2D eigenvalue weighted by atomic mass is 10.2. The summed E-state index contributed by atoms with van der Waals surface area (Å²) in [5.74, 6) is 6.34. The van der Waals surface area contributed by atoms with Crippen molar-refractivity contribution in [3.8, 4) is 17.7 Å². The van der Waals surface area contributed by atoms with Crippen LogP contribution in [-0.2, 0) is 4.74 Å². The minimum atomic E-state index is -0.505. The van der Waals surface area contributed by atoms with E-state index in [2.05, 4.69) is 22.1 Å². The van der Waals surface area contributed by atoms with E-state index in [0.717, 1.165) is 11.1 Å². The highest BCUT2D eigenvalue weighted by atomic mass is 16.6. The molecule has 20 heavy (non-hydrogen) atoms. The summed E-state index contributed by atoms with van der Waals surface area (Å²) in [4.78, 5) is 15.5. The van der Waals surface area contributed by atoms with E-state index in [0.29, 0.717) is 5.88 Å². The van der Waals surface area contributed by atoms with Crippen molar-refractivity contribution in [2.45, 2.75) is 33.3 Å². The molecule has 0 saturated carbocycles. The van der Waals surface area contributed by atoms with Crippen molar-refractivity contribution >= 4 is 6.09 Å². The van der Waals surface area contributed by atoms with Gasteiger partial charge in [-0.2, -0.15) is 0 Å². The Labute approximate surface area is 119 Å². The van der Waals surface area contributed by atoms with E-state index in [1.54, 1.807) is 13.3 Å². The predicted molar refractivity (Wildman–Crippen MR) is 76.6 cm³/mol. The highest BCUT2D eigenvalue weighted by Gasteiger charge is 2.14. The third-order valence-corrected chi connectivity index (χ3v) is 2.18. The Morgan fingerprint density at radius 1 is 1.45 bits per heavy atom. The van der Waals surface area contributed by atoms with Crippen LogP contribution >= 0.6 is 0 Å². The van der Waals surface area contributed by atoms with Crippen molar-refractivity contribution in [2.24, 2.45) is 0 Å². The first-order valence-corrected chi connectivity index (χ1v) is 6.28. The summed E-state index contributed by atoms with van der Waals surface area (Å²) in [6.07, 6.45) is 1.16. The Balaban J connectivity index is 2.51. The van der Waals surface area contributed by atoms with Gasteiger partial charge in [0.05, 0.1) is 13.7 Å². The van der Waals surface area contributed by atoms with Crippen LogP contribution in [0.4, 0.5) is 4.79 Å². The van der Waals surface area contributed by atoms with Gasteiger partial charge in [-0.1, -0.05) is 11.8 Å². The lowest BCUT2D eigenvalue weighted by Crippen LogP contribution is -2.32. The molecule has 1 aromatic rings. The van der Waals surface area contributed by atoms with Gasteiger partial charge in [0, 0.05) is 17.3 Å². The minimum absolute atomic E-state index is 0.222. The molecule has 0 bridgehead atoms. The quantitative estimate of drug-likeness (QED) is 0.842. The van der Waals surface area contributed by atoms with Gasteiger partial charge in [-0.3, -0.25) is 0 Å². The van der Waals surface area contributed by atoms with Crippen molar-refractivity contribution in [3.63, 3.8) is 0 Å². The number of carbonyl (C=O) groups excluding carboxylic acids is 1. The number of aryl methyl sites for hydroxylation is 1. The van der Waals surface area contributed by atoms with Crippen LogP contribution in [0.15, 0.2) is 12.3 Å². The second-order valence-electron chi connectivity index (χ2n) is 5.21.